The number of sulfone groups is 1. The molecule has 152 valence electrons. The fourth-order valence-corrected chi connectivity index (χ4v) is 4.19. The number of H-pyrrole nitrogens is 1. The summed E-state index contributed by atoms with van der Waals surface area (Å²) in [5, 5.41) is 0.727. The van der Waals surface area contributed by atoms with Crippen LogP contribution in [0.25, 0.3) is 11.3 Å². The molecule has 8 heteroatoms. The molecule has 0 spiro atoms. The molecule has 1 saturated heterocycles. The molecular formula is C21H22ClN3O3S. The Kier molecular flexibility index (Phi) is 5.74. The van der Waals surface area contributed by atoms with Crippen molar-refractivity contribution in [3.8, 4) is 11.3 Å². The minimum absolute atomic E-state index is 0.0171. The van der Waals surface area contributed by atoms with E-state index in [-0.39, 0.29) is 6.04 Å². The zero-order valence-corrected chi connectivity index (χ0v) is 17.6. The zero-order valence-electron chi connectivity index (χ0n) is 16.0. The maximum absolute atomic E-state index is 11.6. The summed E-state index contributed by atoms with van der Waals surface area (Å²) in [6, 6.07) is 14.7. The summed E-state index contributed by atoms with van der Waals surface area (Å²) in [5.74, 6) is 0.834. The molecule has 1 N–H and O–H groups in total. The van der Waals surface area contributed by atoms with E-state index in [1.807, 2.05) is 24.3 Å². The van der Waals surface area contributed by atoms with E-state index in [2.05, 4.69) is 14.9 Å². The molecule has 0 saturated carbocycles. The van der Waals surface area contributed by atoms with Crippen molar-refractivity contribution < 1.29 is 13.2 Å². The summed E-state index contributed by atoms with van der Waals surface area (Å²) in [6.07, 6.45) is 2.98. The molecule has 4 rings (SSSR count). The third kappa shape index (κ3) is 4.70. The van der Waals surface area contributed by atoms with Crippen molar-refractivity contribution in [2.45, 2.75) is 17.5 Å². The first-order chi connectivity index (χ1) is 13.9. The van der Waals surface area contributed by atoms with Crippen molar-refractivity contribution in [2.75, 3.05) is 26.0 Å². The monoisotopic (exact) mass is 431 g/mol. The molecule has 1 fully saturated rings. The summed E-state index contributed by atoms with van der Waals surface area (Å²) in [5.41, 5.74) is 2.92. The molecule has 0 amide bonds. The molecule has 3 aromatic rings. The molecule has 6 nitrogen and oxygen atoms in total. The normalized spacial score (nSPS) is 18.1. The van der Waals surface area contributed by atoms with Gasteiger partial charge in [0.25, 0.3) is 0 Å². The third-order valence-corrected chi connectivity index (χ3v) is 6.42. The quantitative estimate of drug-likeness (QED) is 0.666. The molecule has 1 atom stereocenters. The Morgan fingerprint density at radius 3 is 2.59 bits per heavy atom. The van der Waals surface area contributed by atoms with E-state index in [1.54, 1.807) is 30.5 Å². The predicted octanol–water partition coefficient (Wildman–Crippen LogP) is 3.71. The fourth-order valence-electron chi connectivity index (χ4n) is 3.44. The van der Waals surface area contributed by atoms with Crippen molar-refractivity contribution in [2.24, 2.45) is 0 Å². The minimum atomic E-state index is -3.21. The average Bonchev–Trinajstić information content (AvgIpc) is 3.20. The second-order valence-electron chi connectivity index (χ2n) is 7.17. The van der Waals surface area contributed by atoms with Gasteiger partial charge in [-0.15, -0.1) is 0 Å². The van der Waals surface area contributed by atoms with E-state index in [1.165, 1.54) is 11.8 Å². The highest BCUT2D eigenvalue weighted by molar-refractivity contribution is 7.90. The van der Waals surface area contributed by atoms with Gasteiger partial charge in [-0.3, -0.25) is 4.90 Å². The van der Waals surface area contributed by atoms with E-state index < -0.39 is 9.84 Å². The van der Waals surface area contributed by atoms with Gasteiger partial charge in [0.15, 0.2) is 9.84 Å². The van der Waals surface area contributed by atoms with Crippen molar-refractivity contribution in [3.63, 3.8) is 0 Å². The first-order valence-corrected chi connectivity index (χ1v) is 11.6. The number of morpholine rings is 1. The Morgan fingerprint density at radius 2 is 1.90 bits per heavy atom. The van der Waals surface area contributed by atoms with E-state index in [0.717, 1.165) is 35.2 Å². The average molecular weight is 432 g/mol. The maximum atomic E-state index is 11.6. The van der Waals surface area contributed by atoms with Crippen LogP contribution < -0.4 is 0 Å². The van der Waals surface area contributed by atoms with Gasteiger partial charge < -0.3 is 9.72 Å². The summed E-state index contributed by atoms with van der Waals surface area (Å²) in [6.45, 7) is 2.84. The molecule has 29 heavy (non-hydrogen) atoms. The molecule has 1 aliphatic heterocycles. The number of benzene rings is 2. The van der Waals surface area contributed by atoms with E-state index >= 15 is 0 Å². The Morgan fingerprint density at radius 1 is 1.17 bits per heavy atom. The second-order valence-corrected chi connectivity index (χ2v) is 9.62. The van der Waals surface area contributed by atoms with E-state index in [0.29, 0.717) is 18.1 Å². The summed E-state index contributed by atoms with van der Waals surface area (Å²) in [7, 11) is -3.21. The number of ether oxygens (including phenoxy) is 1. The Hall–Kier alpha value is -2.19. The molecule has 0 aliphatic carbocycles. The molecule has 0 bridgehead atoms. The Balaban J connectivity index is 1.54. The lowest BCUT2D eigenvalue weighted by molar-refractivity contribution is -0.0156. The summed E-state index contributed by atoms with van der Waals surface area (Å²) >= 11 is 5.99. The van der Waals surface area contributed by atoms with Gasteiger partial charge in [0.2, 0.25) is 0 Å². The number of nitrogens with one attached hydrogen (secondary N) is 1. The van der Waals surface area contributed by atoms with Crippen molar-refractivity contribution in [3.05, 3.63) is 71.1 Å². The van der Waals surface area contributed by atoms with Crippen LogP contribution in [0.2, 0.25) is 5.02 Å². The Labute approximate surface area is 175 Å². The van der Waals surface area contributed by atoms with Gasteiger partial charge in [0.1, 0.15) is 5.82 Å². The first kappa shape index (κ1) is 20.1. The van der Waals surface area contributed by atoms with Crippen molar-refractivity contribution in [1.82, 2.24) is 14.9 Å². The van der Waals surface area contributed by atoms with Crippen molar-refractivity contribution >= 4 is 21.4 Å². The van der Waals surface area contributed by atoms with E-state index in [9.17, 15) is 8.42 Å². The van der Waals surface area contributed by atoms with Crippen molar-refractivity contribution in [1.29, 1.82) is 0 Å². The van der Waals surface area contributed by atoms with E-state index in [4.69, 9.17) is 16.3 Å². The third-order valence-electron chi connectivity index (χ3n) is 5.04. The van der Waals surface area contributed by atoms with Crippen LogP contribution in [-0.2, 0) is 21.1 Å². The van der Waals surface area contributed by atoms with Crippen LogP contribution >= 0.6 is 11.6 Å². The number of nitrogens with zero attached hydrogens (tertiary/aromatic N) is 2. The standard InChI is InChI=1S/C21H22ClN3O3S/c1-29(26,27)18-8-4-16(5-9-18)19-12-23-21(24-19)20-14-28-11-10-25(20)13-15-2-6-17(22)7-3-15/h2-9,12,20H,10-11,13-14H2,1H3,(H,23,24). The highest BCUT2D eigenvalue weighted by atomic mass is 35.5. The molecule has 1 aliphatic rings. The second kappa shape index (κ2) is 8.28. The van der Waals surface area contributed by atoms with Gasteiger partial charge in [-0.1, -0.05) is 35.9 Å². The largest absolute Gasteiger partial charge is 0.378 e. The smallest absolute Gasteiger partial charge is 0.175 e. The van der Waals surface area contributed by atoms with Crippen LogP contribution in [0.5, 0.6) is 0 Å². The van der Waals surface area contributed by atoms with Crippen LogP contribution in [0.1, 0.15) is 17.4 Å². The SMILES string of the molecule is CS(=O)(=O)c1ccc(-c2cnc(C3COCCN3Cc3ccc(Cl)cc3)[nH]2)cc1. The van der Waals surface area contributed by atoms with Gasteiger partial charge in [-0.2, -0.15) is 0 Å². The van der Waals surface area contributed by atoms with Crippen LogP contribution in [0, 0.1) is 0 Å². The number of imidazole rings is 1. The van der Waals surface area contributed by atoms with Crippen LogP contribution in [0.4, 0.5) is 0 Å². The van der Waals surface area contributed by atoms with Crippen LogP contribution in [0.15, 0.2) is 59.6 Å². The number of hydrogen-bond donors (Lipinski definition) is 1. The highest BCUT2D eigenvalue weighted by Crippen LogP contribution is 2.27. The molecule has 0 radical (unpaired) electrons. The molecule has 2 heterocycles. The maximum Gasteiger partial charge on any atom is 0.175 e. The lowest BCUT2D eigenvalue weighted by Gasteiger charge is -2.34. The molecule has 2 aromatic carbocycles. The van der Waals surface area contributed by atoms with Gasteiger partial charge in [-0.25, -0.2) is 13.4 Å². The molecule has 1 aromatic heterocycles. The van der Waals surface area contributed by atoms with Gasteiger partial charge in [0.05, 0.1) is 36.0 Å². The lowest BCUT2D eigenvalue weighted by Crippen LogP contribution is -2.39. The zero-order chi connectivity index (χ0) is 20.4. The topological polar surface area (TPSA) is 75.3 Å². The fraction of sp³-hybridized carbons (Fsp3) is 0.286. The number of rotatable bonds is 5. The molecule has 1 unspecified atom stereocenters. The number of aromatic nitrogens is 2. The Bertz CT molecular complexity index is 1080. The lowest BCUT2D eigenvalue weighted by atomic mass is 10.1. The van der Waals surface area contributed by atoms with Crippen LogP contribution in [-0.4, -0.2) is 49.3 Å². The minimum Gasteiger partial charge on any atom is -0.378 e. The molecular weight excluding hydrogens is 410 g/mol. The van der Waals surface area contributed by atoms with Crippen LogP contribution in [0.3, 0.4) is 0 Å². The highest BCUT2D eigenvalue weighted by Gasteiger charge is 2.27. The number of aromatic amines is 1. The number of hydrogen-bond acceptors (Lipinski definition) is 5. The van der Waals surface area contributed by atoms with Gasteiger partial charge in [-0.05, 0) is 35.4 Å². The first-order valence-electron chi connectivity index (χ1n) is 9.32. The van der Waals surface area contributed by atoms with Gasteiger partial charge in [0, 0.05) is 24.4 Å². The summed E-state index contributed by atoms with van der Waals surface area (Å²) < 4.78 is 29.0. The van der Waals surface area contributed by atoms with Gasteiger partial charge >= 0.3 is 0 Å². The predicted molar refractivity (Wildman–Crippen MR) is 113 cm³/mol. The summed E-state index contributed by atoms with van der Waals surface area (Å²) in [4.78, 5) is 10.6. The number of halogens is 1.